The molecule has 0 amide bonds. The largest absolute Gasteiger partial charge is 0.469 e. The monoisotopic (exact) mass is 279 g/mol. The Kier molecular flexibility index (Phi) is 6.65. The molecule has 0 radical (unpaired) electrons. The number of carbonyl (C=O) groups is 1. The normalized spacial score (nSPS) is 22.6. The van der Waals surface area contributed by atoms with Gasteiger partial charge < -0.3 is 9.47 Å². The van der Waals surface area contributed by atoms with Gasteiger partial charge in [-0.1, -0.05) is 12.8 Å². The van der Waals surface area contributed by atoms with Gasteiger partial charge in [0.1, 0.15) is 0 Å². The number of hydrogen-bond acceptors (Lipinski definition) is 4. The quantitative estimate of drug-likeness (QED) is 0.505. The van der Waals surface area contributed by atoms with Crippen molar-refractivity contribution >= 4 is 5.97 Å². The van der Waals surface area contributed by atoms with Crippen LogP contribution in [0.15, 0.2) is 0 Å². The molecule has 0 saturated carbocycles. The van der Waals surface area contributed by atoms with E-state index < -0.39 is 12.2 Å². The fraction of sp³-hybridized carbons (Fsp3) is 0.923. The molecule has 0 bridgehead atoms. The summed E-state index contributed by atoms with van der Waals surface area (Å²) in [6.45, 7) is 1.000. The third-order valence-electron chi connectivity index (χ3n) is 3.45. The summed E-state index contributed by atoms with van der Waals surface area (Å²) < 4.78 is 36.2. The standard InChI is InChI=1S/C13H23F2NO3/c1-18-11(17)7-5-3-4-6-9-16-10-8-13(14,15)12(16)19-2/h12H,3-10H2,1-2H3. The molecular weight excluding hydrogens is 256 g/mol. The average molecular weight is 279 g/mol. The van der Waals surface area contributed by atoms with Crippen molar-refractivity contribution in [3.63, 3.8) is 0 Å². The van der Waals surface area contributed by atoms with E-state index in [9.17, 15) is 13.6 Å². The van der Waals surface area contributed by atoms with Gasteiger partial charge in [0.15, 0.2) is 6.23 Å². The number of unbranched alkanes of at least 4 members (excludes halogenated alkanes) is 3. The maximum atomic E-state index is 13.4. The van der Waals surface area contributed by atoms with E-state index >= 15 is 0 Å². The van der Waals surface area contributed by atoms with Gasteiger partial charge in [0.2, 0.25) is 0 Å². The summed E-state index contributed by atoms with van der Waals surface area (Å²) in [5.41, 5.74) is 0. The van der Waals surface area contributed by atoms with E-state index in [1.54, 1.807) is 4.90 Å². The summed E-state index contributed by atoms with van der Waals surface area (Å²) in [7, 11) is 2.70. The summed E-state index contributed by atoms with van der Waals surface area (Å²) in [6, 6.07) is 0. The molecule has 0 N–H and O–H groups in total. The molecule has 6 heteroatoms. The van der Waals surface area contributed by atoms with Crippen LogP contribution in [0.25, 0.3) is 0 Å². The molecule has 1 atom stereocenters. The maximum Gasteiger partial charge on any atom is 0.305 e. The molecule has 0 aromatic carbocycles. The molecular formula is C13H23F2NO3. The molecule has 19 heavy (non-hydrogen) atoms. The molecule has 0 aromatic heterocycles. The number of rotatable bonds is 8. The summed E-state index contributed by atoms with van der Waals surface area (Å²) in [4.78, 5) is 12.6. The van der Waals surface area contributed by atoms with Gasteiger partial charge in [0.25, 0.3) is 5.92 Å². The Morgan fingerprint density at radius 1 is 1.26 bits per heavy atom. The van der Waals surface area contributed by atoms with E-state index in [0.29, 0.717) is 19.5 Å². The second-order valence-electron chi connectivity index (χ2n) is 4.88. The SMILES string of the molecule is COC(=O)CCCCCCN1CCC(F)(F)C1OC. The first-order valence-corrected chi connectivity index (χ1v) is 6.72. The molecule has 1 aliphatic heterocycles. The van der Waals surface area contributed by atoms with Crippen molar-refractivity contribution in [1.29, 1.82) is 0 Å². The highest BCUT2D eigenvalue weighted by Crippen LogP contribution is 2.34. The summed E-state index contributed by atoms with van der Waals surface area (Å²) in [6.07, 6.45) is 2.69. The van der Waals surface area contributed by atoms with Gasteiger partial charge in [-0.3, -0.25) is 9.69 Å². The fourth-order valence-electron chi connectivity index (χ4n) is 2.39. The predicted molar refractivity (Wildman–Crippen MR) is 67.0 cm³/mol. The molecule has 1 heterocycles. The zero-order valence-corrected chi connectivity index (χ0v) is 11.7. The Hall–Kier alpha value is -0.750. The number of halogens is 2. The van der Waals surface area contributed by atoms with Crippen LogP contribution in [-0.4, -0.2) is 50.3 Å². The molecule has 1 unspecified atom stereocenters. The van der Waals surface area contributed by atoms with Crippen LogP contribution >= 0.6 is 0 Å². The second-order valence-corrected chi connectivity index (χ2v) is 4.88. The highest BCUT2D eigenvalue weighted by atomic mass is 19.3. The van der Waals surface area contributed by atoms with E-state index in [4.69, 9.17) is 4.74 Å². The Morgan fingerprint density at radius 2 is 1.95 bits per heavy atom. The van der Waals surface area contributed by atoms with Crippen molar-refractivity contribution in [2.45, 2.75) is 50.7 Å². The number of carbonyl (C=O) groups excluding carboxylic acids is 1. The summed E-state index contributed by atoms with van der Waals surface area (Å²) >= 11 is 0. The van der Waals surface area contributed by atoms with Crippen molar-refractivity contribution < 1.29 is 23.0 Å². The summed E-state index contributed by atoms with van der Waals surface area (Å²) in [5.74, 6) is -2.93. The van der Waals surface area contributed by atoms with Crippen molar-refractivity contribution in [2.24, 2.45) is 0 Å². The Morgan fingerprint density at radius 3 is 2.58 bits per heavy atom. The van der Waals surface area contributed by atoms with Crippen molar-refractivity contribution in [2.75, 3.05) is 27.3 Å². The lowest BCUT2D eigenvalue weighted by Gasteiger charge is -2.25. The molecule has 112 valence electrons. The van der Waals surface area contributed by atoms with E-state index in [1.807, 2.05) is 0 Å². The van der Waals surface area contributed by atoms with Gasteiger partial charge in [-0.15, -0.1) is 0 Å². The number of likely N-dealkylation sites (tertiary alicyclic amines) is 1. The van der Waals surface area contributed by atoms with Crippen molar-refractivity contribution in [3.05, 3.63) is 0 Å². The zero-order chi connectivity index (χ0) is 14.3. The molecule has 0 aliphatic carbocycles. The Bertz CT molecular complexity index is 287. The van der Waals surface area contributed by atoms with Crippen LogP contribution in [0.5, 0.6) is 0 Å². The van der Waals surface area contributed by atoms with E-state index in [2.05, 4.69) is 4.74 Å². The second kappa shape index (κ2) is 7.75. The van der Waals surface area contributed by atoms with Gasteiger partial charge in [0, 0.05) is 33.0 Å². The molecule has 1 fully saturated rings. The van der Waals surface area contributed by atoms with Gasteiger partial charge in [0.05, 0.1) is 7.11 Å². The number of methoxy groups -OCH3 is 2. The van der Waals surface area contributed by atoms with Crippen molar-refractivity contribution in [3.8, 4) is 0 Å². The van der Waals surface area contributed by atoms with Crippen LogP contribution < -0.4 is 0 Å². The highest BCUT2D eigenvalue weighted by Gasteiger charge is 2.48. The van der Waals surface area contributed by atoms with Crippen LogP contribution in [0.2, 0.25) is 0 Å². The van der Waals surface area contributed by atoms with Gasteiger partial charge in [-0.2, -0.15) is 0 Å². The van der Waals surface area contributed by atoms with E-state index in [0.717, 1.165) is 25.7 Å². The third kappa shape index (κ3) is 5.03. The zero-order valence-electron chi connectivity index (χ0n) is 11.7. The van der Waals surface area contributed by atoms with Gasteiger partial charge in [-0.05, 0) is 12.8 Å². The number of nitrogens with zero attached hydrogens (tertiary/aromatic N) is 1. The van der Waals surface area contributed by atoms with E-state index in [1.165, 1.54) is 14.2 Å². The smallest absolute Gasteiger partial charge is 0.305 e. The average Bonchev–Trinajstić information content (AvgIpc) is 2.67. The minimum Gasteiger partial charge on any atom is -0.469 e. The lowest BCUT2D eigenvalue weighted by Crippen LogP contribution is -2.40. The van der Waals surface area contributed by atoms with E-state index in [-0.39, 0.29) is 12.4 Å². The molecule has 0 aromatic rings. The highest BCUT2D eigenvalue weighted by molar-refractivity contribution is 5.68. The first-order chi connectivity index (χ1) is 9.01. The minimum absolute atomic E-state index is 0.131. The number of esters is 1. The van der Waals surface area contributed by atoms with Crippen LogP contribution in [0.4, 0.5) is 8.78 Å². The van der Waals surface area contributed by atoms with Crippen molar-refractivity contribution in [1.82, 2.24) is 4.90 Å². The Balaban J connectivity index is 2.11. The first-order valence-electron chi connectivity index (χ1n) is 6.72. The molecule has 4 nitrogen and oxygen atoms in total. The van der Waals surface area contributed by atoms with Crippen LogP contribution in [0.3, 0.4) is 0 Å². The third-order valence-corrected chi connectivity index (χ3v) is 3.45. The number of ether oxygens (including phenoxy) is 2. The topological polar surface area (TPSA) is 38.8 Å². The van der Waals surface area contributed by atoms with Crippen LogP contribution in [-0.2, 0) is 14.3 Å². The molecule has 1 saturated heterocycles. The molecule has 1 rings (SSSR count). The van der Waals surface area contributed by atoms with Crippen LogP contribution in [0, 0.1) is 0 Å². The minimum atomic E-state index is -2.74. The number of alkyl halides is 2. The van der Waals surface area contributed by atoms with Gasteiger partial charge >= 0.3 is 5.97 Å². The fourth-order valence-corrected chi connectivity index (χ4v) is 2.39. The maximum absolute atomic E-state index is 13.4. The van der Waals surface area contributed by atoms with Gasteiger partial charge in [-0.25, -0.2) is 8.78 Å². The first kappa shape index (κ1) is 16.3. The number of hydrogen-bond donors (Lipinski definition) is 0. The lowest BCUT2D eigenvalue weighted by atomic mass is 10.1. The summed E-state index contributed by atoms with van der Waals surface area (Å²) in [5, 5.41) is 0. The molecule has 1 aliphatic rings. The molecule has 0 spiro atoms. The Labute approximate surface area is 113 Å². The predicted octanol–water partition coefficient (Wildman–Crippen LogP) is 2.42. The lowest BCUT2D eigenvalue weighted by molar-refractivity contribution is -0.148. The van der Waals surface area contributed by atoms with Crippen LogP contribution in [0.1, 0.15) is 38.5 Å².